The summed E-state index contributed by atoms with van der Waals surface area (Å²) in [5.41, 5.74) is 0.857. The van der Waals surface area contributed by atoms with E-state index in [0.717, 1.165) is 10.9 Å². The summed E-state index contributed by atoms with van der Waals surface area (Å²) < 4.78 is 3.26. The zero-order valence-corrected chi connectivity index (χ0v) is 13.9. The van der Waals surface area contributed by atoms with Crippen LogP contribution in [0.4, 0.5) is 0 Å². The van der Waals surface area contributed by atoms with Crippen LogP contribution in [0.25, 0.3) is 10.9 Å². The van der Waals surface area contributed by atoms with Gasteiger partial charge in [0.2, 0.25) is 0 Å². The average Bonchev–Trinajstić information content (AvgIpc) is 3.05. The standard InChI is InChI=1S/C17H19N5O2/c1-11(2)22-10-19-15(20-22)9-18-17(24)13-8-16(23)21(3)14-7-5-4-6-12(13)14/h4-8,10-11H,9H2,1-3H3,(H,18,24). The van der Waals surface area contributed by atoms with Crippen LogP contribution >= 0.6 is 0 Å². The maximum absolute atomic E-state index is 12.5. The maximum atomic E-state index is 12.5. The Bertz CT molecular complexity index is 955. The molecule has 0 saturated heterocycles. The molecule has 1 amide bonds. The molecule has 0 spiro atoms. The smallest absolute Gasteiger partial charge is 0.252 e. The van der Waals surface area contributed by atoms with Crippen molar-refractivity contribution in [3.63, 3.8) is 0 Å². The van der Waals surface area contributed by atoms with Gasteiger partial charge in [0.05, 0.1) is 17.6 Å². The lowest BCUT2D eigenvalue weighted by Gasteiger charge is -2.10. The minimum Gasteiger partial charge on any atom is -0.345 e. The van der Waals surface area contributed by atoms with Crippen molar-refractivity contribution >= 4 is 16.8 Å². The highest BCUT2D eigenvalue weighted by Crippen LogP contribution is 2.16. The summed E-state index contributed by atoms with van der Waals surface area (Å²) in [6.45, 7) is 4.22. The average molecular weight is 325 g/mol. The number of aromatic nitrogens is 4. The van der Waals surface area contributed by atoms with Crippen LogP contribution in [-0.2, 0) is 13.6 Å². The van der Waals surface area contributed by atoms with Crippen LogP contribution in [0.1, 0.15) is 36.1 Å². The number of hydrogen-bond acceptors (Lipinski definition) is 4. The molecule has 7 heteroatoms. The van der Waals surface area contributed by atoms with Crippen LogP contribution in [0.3, 0.4) is 0 Å². The summed E-state index contributed by atoms with van der Waals surface area (Å²) in [6.07, 6.45) is 1.64. The van der Waals surface area contributed by atoms with Crippen molar-refractivity contribution in [1.82, 2.24) is 24.6 Å². The second kappa shape index (κ2) is 6.27. The summed E-state index contributed by atoms with van der Waals surface area (Å²) in [7, 11) is 1.69. The normalized spacial score (nSPS) is 11.2. The van der Waals surface area contributed by atoms with Crippen molar-refractivity contribution in [1.29, 1.82) is 0 Å². The molecule has 3 rings (SSSR count). The summed E-state index contributed by atoms with van der Waals surface area (Å²) in [6, 6.07) is 8.90. The predicted octanol–water partition coefficient (Wildman–Crippen LogP) is 1.64. The van der Waals surface area contributed by atoms with Gasteiger partial charge >= 0.3 is 0 Å². The molecule has 0 unspecified atom stereocenters. The molecule has 0 aliphatic heterocycles. The van der Waals surface area contributed by atoms with E-state index in [9.17, 15) is 9.59 Å². The van der Waals surface area contributed by atoms with Crippen molar-refractivity contribution in [2.24, 2.45) is 7.05 Å². The van der Waals surface area contributed by atoms with Crippen molar-refractivity contribution < 1.29 is 4.79 Å². The molecule has 2 aromatic heterocycles. The Balaban J connectivity index is 1.86. The van der Waals surface area contributed by atoms with Gasteiger partial charge in [-0.05, 0) is 19.9 Å². The summed E-state index contributed by atoms with van der Waals surface area (Å²) >= 11 is 0. The lowest BCUT2D eigenvalue weighted by atomic mass is 10.1. The number of rotatable bonds is 4. The molecular formula is C17H19N5O2. The maximum Gasteiger partial charge on any atom is 0.252 e. The van der Waals surface area contributed by atoms with E-state index < -0.39 is 0 Å². The summed E-state index contributed by atoms with van der Waals surface area (Å²) in [4.78, 5) is 28.7. The predicted molar refractivity (Wildman–Crippen MR) is 90.8 cm³/mol. The number of carbonyl (C=O) groups is 1. The quantitative estimate of drug-likeness (QED) is 0.790. The Morgan fingerprint density at radius 1 is 1.29 bits per heavy atom. The third-order valence-electron chi connectivity index (χ3n) is 3.89. The number of nitrogens with one attached hydrogen (secondary N) is 1. The number of aryl methyl sites for hydroxylation is 1. The number of amides is 1. The first kappa shape index (κ1) is 15.9. The van der Waals surface area contributed by atoms with Gasteiger partial charge in [-0.25, -0.2) is 4.98 Å². The molecule has 0 aliphatic carbocycles. The van der Waals surface area contributed by atoms with Crippen LogP contribution in [0.5, 0.6) is 0 Å². The lowest BCUT2D eigenvalue weighted by Crippen LogP contribution is -2.27. The van der Waals surface area contributed by atoms with Crippen molar-refractivity contribution in [3.8, 4) is 0 Å². The molecule has 3 aromatic rings. The molecule has 2 heterocycles. The summed E-state index contributed by atoms with van der Waals surface area (Å²) in [5, 5.41) is 7.81. The topological polar surface area (TPSA) is 81.8 Å². The zero-order valence-electron chi connectivity index (χ0n) is 13.9. The molecule has 0 radical (unpaired) electrons. The third kappa shape index (κ3) is 2.92. The lowest BCUT2D eigenvalue weighted by molar-refractivity contribution is 0.0951. The molecule has 1 N–H and O–H groups in total. The molecular weight excluding hydrogens is 306 g/mol. The second-order valence-corrected chi connectivity index (χ2v) is 5.89. The van der Waals surface area contributed by atoms with E-state index in [1.807, 2.05) is 38.1 Å². The van der Waals surface area contributed by atoms with Crippen LogP contribution < -0.4 is 10.9 Å². The van der Waals surface area contributed by atoms with Crippen LogP contribution in [0.15, 0.2) is 41.5 Å². The highest BCUT2D eigenvalue weighted by molar-refractivity contribution is 6.06. The molecule has 0 aliphatic rings. The number of fused-ring (bicyclic) bond motifs is 1. The van der Waals surface area contributed by atoms with Gasteiger partial charge in [-0.3, -0.25) is 14.3 Å². The molecule has 24 heavy (non-hydrogen) atoms. The first-order chi connectivity index (χ1) is 11.5. The number of carbonyl (C=O) groups excluding carboxylic acids is 1. The van der Waals surface area contributed by atoms with Gasteiger partial charge in [-0.1, -0.05) is 18.2 Å². The van der Waals surface area contributed by atoms with Crippen LogP contribution in [-0.4, -0.2) is 25.2 Å². The highest BCUT2D eigenvalue weighted by atomic mass is 16.2. The Morgan fingerprint density at radius 2 is 2.04 bits per heavy atom. The fourth-order valence-electron chi connectivity index (χ4n) is 2.49. The Kier molecular flexibility index (Phi) is 4.16. The fraction of sp³-hybridized carbons (Fsp3) is 0.294. The van der Waals surface area contributed by atoms with E-state index in [1.54, 1.807) is 18.1 Å². The molecule has 0 fully saturated rings. The molecule has 124 valence electrons. The van der Waals surface area contributed by atoms with Gasteiger partial charge in [0.15, 0.2) is 5.82 Å². The largest absolute Gasteiger partial charge is 0.345 e. The van der Waals surface area contributed by atoms with E-state index in [4.69, 9.17) is 0 Å². The van der Waals surface area contributed by atoms with Gasteiger partial charge in [-0.15, -0.1) is 0 Å². The van der Waals surface area contributed by atoms with Crippen LogP contribution in [0.2, 0.25) is 0 Å². The molecule has 0 atom stereocenters. The van der Waals surface area contributed by atoms with E-state index >= 15 is 0 Å². The molecule has 7 nitrogen and oxygen atoms in total. The van der Waals surface area contributed by atoms with Crippen molar-refractivity contribution in [2.75, 3.05) is 0 Å². The SMILES string of the molecule is CC(C)n1cnc(CNC(=O)c2cc(=O)n(C)c3ccccc23)n1. The fourth-order valence-corrected chi connectivity index (χ4v) is 2.49. The van der Waals surface area contributed by atoms with Gasteiger partial charge in [0.1, 0.15) is 6.33 Å². The number of hydrogen-bond donors (Lipinski definition) is 1. The van der Waals surface area contributed by atoms with Crippen LogP contribution in [0, 0.1) is 0 Å². The van der Waals surface area contributed by atoms with Gasteiger partial charge in [0.25, 0.3) is 11.5 Å². The first-order valence-corrected chi connectivity index (χ1v) is 7.74. The number of pyridine rings is 1. The van der Waals surface area contributed by atoms with Gasteiger partial charge < -0.3 is 9.88 Å². The monoisotopic (exact) mass is 325 g/mol. The van der Waals surface area contributed by atoms with E-state index in [1.165, 1.54) is 10.6 Å². The Hall–Kier alpha value is -2.96. The van der Waals surface area contributed by atoms with Crippen molar-refractivity contribution in [3.05, 3.63) is 58.4 Å². The Labute approximate surface area is 138 Å². The van der Waals surface area contributed by atoms with E-state index in [2.05, 4.69) is 15.4 Å². The number of benzene rings is 1. The van der Waals surface area contributed by atoms with E-state index in [-0.39, 0.29) is 24.1 Å². The first-order valence-electron chi connectivity index (χ1n) is 7.74. The zero-order chi connectivity index (χ0) is 17.3. The molecule has 0 bridgehead atoms. The molecule has 1 aromatic carbocycles. The summed E-state index contributed by atoms with van der Waals surface area (Å²) in [5.74, 6) is 0.218. The minimum atomic E-state index is -0.315. The second-order valence-electron chi connectivity index (χ2n) is 5.89. The van der Waals surface area contributed by atoms with Crippen molar-refractivity contribution in [2.45, 2.75) is 26.4 Å². The van der Waals surface area contributed by atoms with Gasteiger partial charge in [0, 0.05) is 24.5 Å². The minimum absolute atomic E-state index is 0.210. The molecule has 0 saturated carbocycles. The number of para-hydroxylation sites is 1. The Morgan fingerprint density at radius 3 is 2.75 bits per heavy atom. The highest BCUT2D eigenvalue weighted by Gasteiger charge is 2.14. The van der Waals surface area contributed by atoms with Gasteiger partial charge in [-0.2, -0.15) is 5.10 Å². The van der Waals surface area contributed by atoms with E-state index in [0.29, 0.717) is 11.4 Å². The number of nitrogens with zero attached hydrogens (tertiary/aromatic N) is 4. The third-order valence-corrected chi connectivity index (χ3v) is 3.89.